The third kappa shape index (κ3) is 7.31. The first-order valence-corrected chi connectivity index (χ1v) is 7.65. The monoisotopic (exact) mass is 321 g/mol. The van der Waals surface area contributed by atoms with Gasteiger partial charge in [-0.15, -0.1) is 0 Å². The highest BCUT2D eigenvalue weighted by atomic mass is 15.1. The van der Waals surface area contributed by atoms with Gasteiger partial charge in [0.25, 0.3) is 0 Å². The standard InChI is InChI=1S/C11H15N3.C8H8N2/c1-14(2)8-7-13-11-5-3-10(9-12)4-6-11;1-10-8-4-2-7(6-9)3-5-8/h3-6,13H,7-8H2,1-2H3;2-5,10H,1H3. The smallest absolute Gasteiger partial charge is 0.0991 e. The van der Waals surface area contributed by atoms with Gasteiger partial charge in [-0.2, -0.15) is 10.5 Å². The first kappa shape index (κ1) is 19.0. The zero-order valence-electron chi connectivity index (χ0n) is 14.4. The van der Waals surface area contributed by atoms with E-state index in [1.807, 2.05) is 57.5 Å². The predicted molar refractivity (Wildman–Crippen MR) is 98.9 cm³/mol. The molecule has 5 heteroatoms. The van der Waals surface area contributed by atoms with E-state index in [4.69, 9.17) is 10.5 Å². The quantitative estimate of drug-likeness (QED) is 0.885. The summed E-state index contributed by atoms with van der Waals surface area (Å²) in [7, 11) is 5.93. The Hall–Kier alpha value is -3.02. The second kappa shape index (κ2) is 10.7. The molecule has 124 valence electrons. The lowest BCUT2D eigenvalue weighted by Crippen LogP contribution is -2.20. The van der Waals surface area contributed by atoms with Crippen LogP contribution in [0.4, 0.5) is 11.4 Å². The van der Waals surface area contributed by atoms with Gasteiger partial charge in [0.15, 0.2) is 0 Å². The van der Waals surface area contributed by atoms with Crippen LogP contribution in [0.5, 0.6) is 0 Å². The predicted octanol–water partition coefficient (Wildman–Crippen LogP) is 3.13. The van der Waals surface area contributed by atoms with Gasteiger partial charge in [-0.1, -0.05) is 0 Å². The Morgan fingerprint density at radius 1 is 0.833 bits per heavy atom. The van der Waals surface area contributed by atoms with Crippen molar-refractivity contribution in [3.8, 4) is 12.1 Å². The fraction of sp³-hybridized carbons (Fsp3) is 0.263. The van der Waals surface area contributed by atoms with Crippen LogP contribution in [-0.2, 0) is 0 Å². The van der Waals surface area contributed by atoms with Crippen molar-refractivity contribution in [1.29, 1.82) is 10.5 Å². The molecule has 0 bridgehead atoms. The van der Waals surface area contributed by atoms with Crippen molar-refractivity contribution in [3.63, 3.8) is 0 Å². The van der Waals surface area contributed by atoms with E-state index in [0.29, 0.717) is 11.1 Å². The van der Waals surface area contributed by atoms with Gasteiger partial charge in [0.1, 0.15) is 0 Å². The number of anilines is 2. The highest BCUT2D eigenvalue weighted by molar-refractivity contribution is 5.47. The van der Waals surface area contributed by atoms with Gasteiger partial charge in [-0.3, -0.25) is 0 Å². The van der Waals surface area contributed by atoms with Crippen LogP contribution in [0.1, 0.15) is 11.1 Å². The normalized spacial score (nSPS) is 9.25. The minimum atomic E-state index is 0.694. The molecule has 0 aliphatic rings. The number of hydrogen-bond donors (Lipinski definition) is 2. The van der Waals surface area contributed by atoms with Crippen molar-refractivity contribution in [3.05, 3.63) is 59.7 Å². The van der Waals surface area contributed by atoms with Crippen LogP contribution in [0.15, 0.2) is 48.5 Å². The van der Waals surface area contributed by atoms with E-state index in [2.05, 4.69) is 27.7 Å². The first-order valence-electron chi connectivity index (χ1n) is 7.65. The van der Waals surface area contributed by atoms with Crippen molar-refractivity contribution < 1.29 is 0 Å². The van der Waals surface area contributed by atoms with Crippen LogP contribution in [-0.4, -0.2) is 39.1 Å². The third-order valence-corrected chi connectivity index (χ3v) is 3.20. The highest BCUT2D eigenvalue weighted by Crippen LogP contribution is 2.08. The Morgan fingerprint density at radius 3 is 1.67 bits per heavy atom. The van der Waals surface area contributed by atoms with Crippen LogP contribution < -0.4 is 10.6 Å². The molecular formula is C19H23N5. The molecule has 0 spiro atoms. The molecule has 0 atom stereocenters. The van der Waals surface area contributed by atoms with Crippen molar-refractivity contribution in [2.75, 3.05) is 44.9 Å². The van der Waals surface area contributed by atoms with E-state index < -0.39 is 0 Å². The molecule has 2 rings (SSSR count). The van der Waals surface area contributed by atoms with Gasteiger partial charge in [-0.05, 0) is 62.6 Å². The summed E-state index contributed by atoms with van der Waals surface area (Å²) in [5, 5.41) is 23.3. The van der Waals surface area contributed by atoms with Crippen molar-refractivity contribution in [2.45, 2.75) is 0 Å². The maximum absolute atomic E-state index is 8.60. The number of nitrogens with one attached hydrogen (secondary N) is 2. The Balaban J connectivity index is 0.000000254. The molecule has 0 saturated carbocycles. The number of hydrogen-bond acceptors (Lipinski definition) is 5. The third-order valence-electron chi connectivity index (χ3n) is 3.20. The first-order chi connectivity index (χ1) is 11.6. The van der Waals surface area contributed by atoms with Crippen LogP contribution in [0.2, 0.25) is 0 Å². The second-order valence-corrected chi connectivity index (χ2v) is 5.36. The molecule has 2 aromatic carbocycles. The van der Waals surface area contributed by atoms with Gasteiger partial charge < -0.3 is 15.5 Å². The van der Waals surface area contributed by atoms with Crippen LogP contribution in [0.3, 0.4) is 0 Å². The van der Waals surface area contributed by atoms with E-state index in [9.17, 15) is 0 Å². The van der Waals surface area contributed by atoms with E-state index in [1.54, 1.807) is 12.1 Å². The van der Waals surface area contributed by atoms with Crippen LogP contribution >= 0.6 is 0 Å². The lowest BCUT2D eigenvalue weighted by molar-refractivity contribution is 0.425. The molecule has 0 aliphatic heterocycles. The summed E-state index contributed by atoms with van der Waals surface area (Å²) in [6, 6.07) is 18.9. The number of likely N-dealkylation sites (N-methyl/N-ethyl adjacent to an activating group) is 1. The molecule has 2 aromatic rings. The molecule has 0 radical (unpaired) electrons. The average molecular weight is 321 g/mol. The SMILES string of the molecule is CN(C)CCNc1ccc(C#N)cc1.CNc1ccc(C#N)cc1. The zero-order valence-corrected chi connectivity index (χ0v) is 14.4. The highest BCUT2D eigenvalue weighted by Gasteiger charge is 1.93. The fourth-order valence-corrected chi connectivity index (χ4v) is 1.80. The van der Waals surface area contributed by atoms with Crippen molar-refractivity contribution in [1.82, 2.24) is 4.90 Å². The summed E-state index contributed by atoms with van der Waals surface area (Å²) in [4.78, 5) is 2.12. The minimum Gasteiger partial charge on any atom is -0.388 e. The molecule has 0 unspecified atom stereocenters. The van der Waals surface area contributed by atoms with E-state index >= 15 is 0 Å². The summed E-state index contributed by atoms with van der Waals surface area (Å²) in [6.07, 6.45) is 0. The molecule has 5 nitrogen and oxygen atoms in total. The molecule has 0 amide bonds. The minimum absolute atomic E-state index is 0.694. The molecule has 2 N–H and O–H groups in total. The summed E-state index contributed by atoms with van der Waals surface area (Å²) in [6.45, 7) is 1.92. The summed E-state index contributed by atoms with van der Waals surface area (Å²) < 4.78 is 0. The average Bonchev–Trinajstić information content (AvgIpc) is 2.62. The van der Waals surface area contributed by atoms with Gasteiger partial charge in [0, 0.05) is 31.5 Å². The summed E-state index contributed by atoms with van der Waals surface area (Å²) in [5.41, 5.74) is 3.48. The largest absolute Gasteiger partial charge is 0.388 e. The summed E-state index contributed by atoms with van der Waals surface area (Å²) in [5.74, 6) is 0. The summed E-state index contributed by atoms with van der Waals surface area (Å²) >= 11 is 0. The van der Waals surface area contributed by atoms with Gasteiger partial charge in [0.2, 0.25) is 0 Å². The topological polar surface area (TPSA) is 74.9 Å². The van der Waals surface area contributed by atoms with Gasteiger partial charge in [0.05, 0.1) is 23.3 Å². The number of rotatable bonds is 5. The number of nitriles is 2. The Morgan fingerprint density at radius 2 is 1.29 bits per heavy atom. The Bertz CT molecular complexity index is 676. The lowest BCUT2D eigenvalue weighted by Gasteiger charge is -2.11. The van der Waals surface area contributed by atoms with Crippen LogP contribution in [0, 0.1) is 22.7 Å². The Kier molecular flexibility index (Phi) is 8.45. The van der Waals surface area contributed by atoms with E-state index in [-0.39, 0.29) is 0 Å². The fourth-order valence-electron chi connectivity index (χ4n) is 1.80. The molecule has 0 aromatic heterocycles. The van der Waals surface area contributed by atoms with Gasteiger partial charge >= 0.3 is 0 Å². The molecular weight excluding hydrogens is 298 g/mol. The Labute approximate surface area is 144 Å². The molecule has 0 fully saturated rings. The second-order valence-electron chi connectivity index (χ2n) is 5.36. The van der Waals surface area contributed by atoms with E-state index in [0.717, 1.165) is 24.5 Å². The molecule has 0 saturated heterocycles. The molecule has 0 aliphatic carbocycles. The lowest BCUT2D eigenvalue weighted by atomic mass is 10.2. The van der Waals surface area contributed by atoms with Crippen molar-refractivity contribution in [2.24, 2.45) is 0 Å². The molecule has 24 heavy (non-hydrogen) atoms. The van der Waals surface area contributed by atoms with Gasteiger partial charge in [-0.25, -0.2) is 0 Å². The van der Waals surface area contributed by atoms with Crippen LogP contribution in [0.25, 0.3) is 0 Å². The zero-order chi connectivity index (χ0) is 17.8. The van der Waals surface area contributed by atoms with E-state index in [1.165, 1.54) is 0 Å². The number of nitrogens with zero attached hydrogens (tertiary/aromatic N) is 3. The number of benzene rings is 2. The maximum atomic E-state index is 8.60. The maximum Gasteiger partial charge on any atom is 0.0991 e. The van der Waals surface area contributed by atoms with Crippen molar-refractivity contribution >= 4 is 11.4 Å². The molecule has 0 heterocycles.